The molecular weight excluding hydrogens is 276 g/mol. The molecule has 0 bridgehead atoms. The van der Waals surface area contributed by atoms with E-state index in [1.165, 1.54) is 24.0 Å². The van der Waals surface area contributed by atoms with Gasteiger partial charge < -0.3 is 10.4 Å². The van der Waals surface area contributed by atoms with Crippen LogP contribution in [0.15, 0.2) is 24.3 Å². The lowest BCUT2D eigenvalue weighted by molar-refractivity contribution is -0.123. The fourth-order valence-corrected chi connectivity index (χ4v) is 3.30. The summed E-state index contributed by atoms with van der Waals surface area (Å²) in [7, 11) is 0. The number of rotatable bonds is 6. The van der Waals surface area contributed by atoms with Crippen LogP contribution in [0.1, 0.15) is 36.4 Å². The second kappa shape index (κ2) is 6.80. The number of hydrogen-bond donors (Lipinski definition) is 2. The largest absolute Gasteiger partial charge is 0.396 e. The molecule has 1 saturated heterocycles. The zero-order valence-corrected chi connectivity index (χ0v) is 13.3. The predicted octanol–water partition coefficient (Wildman–Crippen LogP) is 1.88. The number of nitrogens with one attached hydrogen (secondary N) is 1. The van der Waals surface area contributed by atoms with Crippen LogP contribution in [-0.4, -0.2) is 42.2 Å². The van der Waals surface area contributed by atoms with E-state index in [1.807, 2.05) is 0 Å². The number of likely N-dealkylation sites (tertiary alicyclic amines) is 1. The predicted molar refractivity (Wildman–Crippen MR) is 86.4 cm³/mol. The highest BCUT2D eigenvalue weighted by Gasteiger charge is 2.34. The van der Waals surface area contributed by atoms with Gasteiger partial charge in [-0.15, -0.1) is 0 Å². The minimum Gasteiger partial charge on any atom is -0.396 e. The first-order chi connectivity index (χ1) is 10.7. The molecule has 0 radical (unpaired) electrons. The minimum atomic E-state index is 0.107. The number of amides is 1. The zero-order chi connectivity index (χ0) is 15.5. The maximum Gasteiger partial charge on any atom is 0.234 e. The number of carbonyl (C=O) groups excluding carboxylic acids is 1. The van der Waals surface area contributed by atoms with E-state index in [4.69, 9.17) is 0 Å². The first kappa shape index (κ1) is 15.5. The van der Waals surface area contributed by atoms with E-state index in [0.29, 0.717) is 18.4 Å². The normalized spacial score (nSPS) is 23.5. The first-order valence-electron chi connectivity index (χ1n) is 8.35. The Morgan fingerprint density at radius 2 is 2.05 bits per heavy atom. The molecule has 1 amide bonds. The lowest BCUT2D eigenvalue weighted by atomic mass is 10.0. The van der Waals surface area contributed by atoms with Crippen LogP contribution in [0.4, 0.5) is 0 Å². The van der Waals surface area contributed by atoms with Crippen molar-refractivity contribution in [2.45, 2.75) is 32.2 Å². The van der Waals surface area contributed by atoms with Gasteiger partial charge in [-0.25, -0.2) is 0 Å². The quantitative estimate of drug-likeness (QED) is 0.843. The third-order valence-electron chi connectivity index (χ3n) is 4.84. The maximum atomic E-state index is 12.4. The Labute approximate surface area is 132 Å². The Kier molecular flexibility index (Phi) is 4.79. The van der Waals surface area contributed by atoms with Crippen molar-refractivity contribution in [3.8, 4) is 0 Å². The molecule has 2 aliphatic rings. The first-order valence-corrected chi connectivity index (χ1v) is 8.35. The maximum absolute atomic E-state index is 12.4. The number of hydrogen-bond acceptors (Lipinski definition) is 3. The number of nitrogens with zero attached hydrogens (tertiary/aromatic N) is 1. The van der Waals surface area contributed by atoms with Gasteiger partial charge in [0.25, 0.3) is 0 Å². The van der Waals surface area contributed by atoms with Crippen LogP contribution < -0.4 is 5.32 Å². The summed E-state index contributed by atoms with van der Waals surface area (Å²) in [6.45, 7) is 4.51. The van der Waals surface area contributed by atoms with Gasteiger partial charge in [0.2, 0.25) is 5.91 Å². The van der Waals surface area contributed by atoms with Crippen LogP contribution >= 0.6 is 0 Å². The van der Waals surface area contributed by atoms with E-state index in [-0.39, 0.29) is 18.6 Å². The van der Waals surface area contributed by atoms with Crippen molar-refractivity contribution in [1.82, 2.24) is 10.2 Å². The SMILES string of the molecule is Cc1ccc(C(NC(=O)CN2CCC(CO)C2)C2CC2)cc1. The Hall–Kier alpha value is -1.39. The van der Waals surface area contributed by atoms with Gasteiger partial charge in [0, 0.05) is 13.2 Å². The lowest BCUT2D eigenvalue weighted by Gasteiger charge is -2.21. The topological polar surface area (TPSA) is 52.6 Å². The zero-order valence-electron chi connectivity index (χ0n) is 13.3. The Balaban J connectivity index is 1.57. The standard InChI is InChI=1S/C18H26N2O2/c1-13-2-4-15(5-3-13)18(16-6-7-16)19-17(22)11-20-9-8-14(10-20)12-21/h2-5,14,16,18,21H,6-12H2,1H3,(H,19,22). The molecule has 1 heterocycles. The van der Waals surface area contributed by atoms with Gasteiger partial charge in [-0.3, -0.25) is 9.69 Å². The molecule has 2 atom stereocenters. The highest BCUT2D eigenvalue weighted by atomic mass is 16.3. The molecule has 1 aromatic carbocycles. The summed E-state index contributed by atoms with van der Waals surface area (Å²) in [6, 6.07) is 8.66. The summed E-state index contributed by atoms with van der Waals surface area (Å²) < 4.78 is 0. The average Bonchev–Trinajstić information content (AvgIpc) is 3.26. The van der Waals surface area contributed by atoms with Crippen molar-refractivity contribution in [2.24, 2.45) is 11.8 Å². The smallest absolute Gasteiger partial charge is 0.234 e. The second-order valence-electron chi connectivity index (χ2n) is 6.87. The van der Waals surface area contributed by atoms with Gasteiger partial charge in [-0.05, 0) is 50.1 Å². The van der Waals surface area contributed by atoms with Crippen LogP contribution in [-0.2, 0) is 4.79 Å². The Bertz CT molecular complexity index is 510. The summed E-state index contributed by atoms with van der Waals surface area (Å²) in [5.41, 5.74) is 2.47. The van der Waals surface area contributed by atoms with Crippen LogP contribution in [0.3, 0.4) is 0 Å². The van der Waals surface area contributed by atoms with E-state index in [9.17, 15) is 9.90 Å². The lowest BCUT2D eigenvalue weighted by Crippen LogP contribution is -2.38. The molecular formula is C18H26N2O2. The molecule has 4 nitrogen and oxygen atoms in total. The van der Waals surface area contributed by atoms with Gasteiger partial charge in [-0.2, -0.15) is 0 Å². The average molecular weight is 302 g/mol. The van der Waals surface area contributed by atoms with Gasteiger partial charge in [0.05, 0.1) is 12.6 Å². The minimum absolute atomic E-state index is 0.107. The van der Waals surface area contributed by atoms with Crippen molar-refractivity contribution < 1.29 is 9.90 Å². The van der Waals surface area contributed by atoms with E-state index in [2.05, 4.69) is 41.4 Å². The fourth-order valence-electron chi connectivity index (χ4n) is 3.30. The summed E-state index contributed by atoms with van der Waals surface area (Å²) in [4.78, 5) is 14.5. The van der Waals surface area contributed by atoms with Crippen LogP contribution in [0.25, 0.3) is 0 Å². The Morgan fingerprint density at radius 3 is 2.64 bits per heavy atom. The van der Waals surface area contributed by atoms with Crippen molar-refractivity contribution in [3.63, 3.8) is 0 Å². The van der Waals surface area contributed by atoms with Crippen molar-refractivity contribution in [1.29, 1.82) is 0 Å². The van der Waals surface area contributed by atoms with E-state index < -0.39 is 0 Å². The van der Waals surface area contributed by atoms with Crippen LogP contribution in [0.5, 0.6) is 0 Å². The number of carbonyl (C=O) groups is 1. The van der Waals surface area contributed by atoms with Gasteiger partial charge >= 0.3 is 0 Å². The van der Waals surface area contributed by atoms with E-state index >= 15 is 0 Å². The molecule has 2 fully saturated rings. The third-order valence-corrected chi connectivity index (χ3v) is 4.84. The van der Waals surface area contributed by atoms with Crippen molar-refractivity contribution in [3.05, 3.63) is 35.4 Å². The number of aliphatic hydroxyl groups is 1. The van der Waals surface area contributed by atoms with Crippen molar-refractivity contribution >= 4 is 5.91 Å². The van der Waals surface area contributed by atoms with Crippen LogP contribution in [0.2, 0.25) is 0 Å². The van der Waals surface area contributed by atoms with Crippen LogP contribution in [0, 0.1) is 18.8 Å². The summed E-state index contributed by atoms with van der Waals surface area (Å²) in [6.07, 6.45) is 3.40. The number of aliphatic hydroxyl groups excluding tert-OH is 1. The molecule has 2 unspecified atom stereocenters. The molecule has 3 rings (SSSR count). The molecule has 2 N–H and O–H groups in total. The van der Waals surface area contributed by atoms with Gasteiger partial charge in [0.15, 0.2) is 0 Å². The fraction of sp³-hybridized carbons (Fsp3) is 0.611. The molecule has 1 aliphatic heterocycles. The van der Waals surface area contributed by atoms with E-state index in [1.54, 1.807) is 0 Å². The second-order valence-corrected chi connectivity index (χ2v) is 6.87. The number of benzene rings is 1. The molecule has 22 heavy (non-hydrogen) atoms. The van der Waals surface area contributed by atoms with Gasteiger partial charge in [0.1, 0.15) is 0 Å². The third kappa shape index (κ3) is 3.87. The Morgan fingerprint density at radius 1 is 1.32 bits per heavy atom. The summed E-state index contributed by atoms with van der Waals surface area (Å²) in [5.74, 6) is 1.04. The van der Waals surface area contributed by atoms with Gasteiger partial charge in [-0.1, -0.05) is 29.8 Å². The van der Waals surface area contributed by atoms with E-state index in [0.717, 1.165) is 19.5 Å². The van der Waals surface area contributed by atoms with Crippen molar-refractivity contribution in [2.75, 3.05) is 26.2 Å². The molecule has 0 spiro atoms. The highest BCUT2D eigenvalue weighted by molar-refractivity contribution is 5.78. The summed E-state index contributed by atoms with van der Waals surface area (Å²) in [5, 5.41) is 12.4. The molecule has 4 heteroatoms. The molecule has 120 valence electrons. The highest BCUT2D eigenvalue weighted by Crippen LogP contribution is 2.41. The number of aryl methyl sites for hydroxylation is 1. The molecule has 0 aromatic heterocycles. The summed E-state index contributed by atoms with van der Waals surface area (Å²) >= 11 is 0. The molecule has 1 aromatic rings. The molecule has 1 aliphatic carbocycles. The monoisotopic (exact) mass is 302 g/mol. The molecule has 1 saturated carbocycles.